The molecule has 1 saturated heterocycles. The van der Waals surface area contributed by atoms with Gasteiger partial charge in [0.1, 0.15) is 11.9 Å². The summed E-state index contributed by atoms with van der Waals surface area (Å²) < 4.78 is 5.12. The number of amides is 1. The van der Waals surface area contributed by atoms with Crippen molar-refractivity contribution in [2.75, 3.05) is 18.0 Å². The highest BCUT2D eigenvalue weighted by molar-refractivity contribution is 5.78. The minimum absolute atomic E-state index is 0.126. The third-order valence-corrected chi connectivity index (χ3v) is 4.90. The molecule has 2 heterocycles. The Labute approximate surface area is 164 Å². The van der Waals surface area contributed by atoms with Gasteiger partial charge in [-0.2, -0.15) is 0 Å². The molecule has 1 aliphatic rings. The maximum absolute atomic E-state index is 11.0. The summed E-state index contributed by atoms with van der Waals surface area (Å²) in [5.41, 5.74) is 8.92. The fraction of sp³-hybridized carbons (Fsp3) is 0.227. The molecule has 1 fully saturated rings. The minimum Gasteiger partial charge on any atom is -0.446 e. The normalized spacial score (nSPS) is 14.6. The fourth-order valence-electron chi connectivity index (χ4n) is 3.50. The van der Waals surface area contributed by atoms with E-state index in [1.54, 1.807) is 0 Å². The summed E-state index contributed by atoms with van der Waals surface area (Å²) in [5, 5.41) is 0. The van der Waals surface area contributed by atoms with Crippen LogP contribution in [-0.4, -0.2) is 35.3 Å². The number of rotatable bonds is 4. The smallest absolute Gasteiger partial charge is 0.404 e. The molecule has 6 nitrogen and oxygen atoms in total. The molecule has 0 unspecified atom stereocenters. The monoisotopic (exact) mass is 374 g/mol. The zero-order valence-corrected chi connectivity index (χ0v) is 15.5. The van der Waals surface area contributed by atoms with Crippen molar-refractivity contribution in [2.45, 2.75) is 18.9 Å². The topological polar surface area (TPSA) is 81.3 Å². The van der Waals surface area contributed by atoms with E-state index in [1.165, 1.54) is 0 Å². The van der Waals surface area contributed by atoms with Crippen LogP contribution in [0.3, 0.4) is 0 Å². The molecular weight excluding hydrogens is 352 g/mol. The van der Waals surface area contributed by atoms with E-state index < -0.39 is 6.09 Å². The molecule has 28 heavy (non-hydrogen) atoms. The fourth-order valence-corrected chi connectivity index (χ4v) is 3.50. The van der Waals surface area contributed by atoms with Gasteiger partial charge in [-0.1, -0.05) is 60.7 Å². The van der Waals surface area contributed by atoms with Gasteiger partial charge in [0.2, 0.25) is 0 Å². The molecule has 2 aromatic carbocycles. The van der Waals surface area contributed by atoms with E-state index in [2.05, 4.69) is 4.90 Å². The summed E-state index contributed by atoms with van der Waals surface area (Å²) in [6.07, 6.45) is 2.44. The van der Waals surface area contributed by atoms with Crippen molar-refractivity contribution >= 4 is 11.9 Å². The van der Waals surface area contributed by atoms with Gasteiger partial charge in [-0.05, 0) is 0 Å². The van der Waals surface area contributed by atoms with Gasteiger partial charge in [0.15, 0.2) is 0 Å². The first-order valence-electron chi connectivity index (χ1n) is 9.39. The van der Waals surface area contributed by atoms with Gasteiger partial charge in [-0.3, -0.25) is 4.98 Å². The number of primary amides is 1. The van der Waals surface area contributed by atoms with Gasteiger partial charge in [0.25, 0.3) is 0 Å². The molecule has 0 saturated carbocycles. The van der Waals surface area contributed by atoms with Crippen LogP contribution in [0.25, 0.3) is 22.5 Å². The molecule has 1 amide bonds. The van der Waals surface area contributed by atoms with E-state index in [1.807, 2.05) is 66.9 Å². The number of hydrogen-bond donors (Lipinski definition) is 1. The van der Waals surface area contributed by atoms with Gasteiger partial charge in [0.05, 0.1) is 17.6 Å². The van der Waals surface area contributed by atoms with Crippen LogP contribution < -0.4 is 10.6 Å². The Bertz CT molecular complexity index is 939. The van der Waals surface area contributed by atoms with Crippen LogP contribution in [0, 0.1) is 0 Å². The van der Waals surface area contributed by atoms with E-state index in [0.29, 0.717) is 0 Å². The third-order valence-electron chi connectivity index (χ3n) is 4.90. The SMILES string of the molecule is NC(=O)OC1CCN(c2cnc(-c3ccccc3)c(-c3ccccc3)n2)CC1. The van der Waals surface area contributed by atoms with Crippen LogP contribution in [0.1, 0.15) is 12.8 Å². The Morgan fingerprint density at radius 3 is 2.07 bits per heavy atom. The quantitative estimate of drug-likeness (QED) is 0.750. The Morgan fingerprint density at radius 2 is 1.50 bits per heavy atom. The largest absolute Gasteiger partial charge is 0.446 e. The molecular formula is C22H22N4O2. The maximum atomic E-state index is 11.0. The summed E-state index contributed by atoms with van der Waals surface area (Å²) >= 11 is 0. The average molecular weight is 374 g/mol. The zero-order chi connectivity index (χ0) is 19.3. The van der Waals surface area contributed by atoms with Gasteiger partial charge < -0.3 is 15.4 Å². The molecule has 0 bridgehead atoms. The minimum atomic E-state index is -0.711. The summed E-state index contributed by atoms with van der Waals surface area (Å²) in [6.45, 7) is 1.48. The summed E-state index contributed by atoms with van der Waals surface area (Å²) in [4.78, 5) is 22.9. The predicted octanol–water partition coefficient (Wildman–Crippen LogP) is 3.87. The Balaban J connectivity index is 1.65. The zero-order valence-electron chi connectivity index (χ0n) is 15.5. The lowest BCUT2D eigenvalue weighted by molar-refractivity contribution is 0.0911. The van der Waals surface area contributed by atoms with Crippen LogP contribution >= 0.6 is 0 Å². The second-order valence-corrected chi connectivity index (χ2v) is 6.78. The average Bonchev–Trinajstić information content (AvgIpc) is 2.75. The number of nitrogens with zero attached hydrogens (tertiary/aromatic N) is 3. The van der Waals surface area contributed by atoms with E-state index in [9.17, 15) is 4.79 Å². The molecule has 6 heteroatoms. The number of ether oxygens (including phenoxy) is 1. The first-order chi connectivity index (χ1) is 13.7. The van der Waals surface area contributed by atoms with Crippen LogP contribution in [0.15, 0.2) is 66.9 Å². The van der Waals surface area contributed by atoms with E-state index in [-0.39, 0.29) is 6.10 Å². The second kappa shape index (κ2) is 8.08. The first kappa shape index (κ1) is 18.0. The van der Waals surface area contributed by atoms with Crippen LogP contribution in [0.5, 0.6) is 0 Å². The van der Waals surface area contributed by atoms with E-state index in [4.69, 9.17) is 20.4 Å². The Morgan fingerprint density at radius 1 is 0.929 bits per heavy atom. The standard InChI is InChI=1S/C22H22N4O2/c23-22(27)28-18-11-13-26(14-12-18)19-15-24-20(16-7-3-1-4-8-16)21(25-19)17-9-5-2-6-10-17/h1-10,15,18H,11-14H2,(H2,23,27). The maximum Gasteiger partial charge on any atom is 0.404 e. The molecule has 1 aliphatic heterocycles. The number of anilines is 1. The highest BCUT2D eigenvalue weighted by atomic mass is 16.6. The lowest BCUT2D eigenvalue weighted by atomic mass is 10.0. The second-order valence-electron chi connectivity index (χ2n) is 6.78. The molecule has 0 spiro atoms. The van der Waals surface area contributed by atoms with Gasteiger partial charge in [-0.15, -0.1) is 0 Å². The van der Waals surface area contributed by atoms with E-state index >= 15 is 0 Å². The molecule has 0 atom stereocenters. The molecule has 2 N–H and O–H groups in total. The highest BCUT2D eigenvalue weighted by Gasteiger charge is 2.23. The third kappa shape index (κ3) is 3.96. The Hall–Kier alpha value is -3.41. The number of nitrogens with two attached hydrogens (primary N) is 1. The van der Waals surface area contributed by atoms with Crippen molar-refractivity contribution in [3.05, 3.63) is 66.9 Å². The predicted molar refractivity (Wildman–Crippen MR) is 109 cm³/mol. The lowest BCUT2D eigenvalue weighted by Gasteiger charge is -2.32. The lowest BCUT2D eigenvalue weighted by Crippen LogP contribution is -2.39. The van der Waals surface area contributed by atoms with Gasteiger partial charge in [0, 0.05) is 37.1 Å². The molecule has 1 aromatic heterocycles. The van der Waals surface area contributed by atoms with Crippen molar-refractivity contribution < 1.29 is 9.53 Å². The van der Waals surface area contributed by atoms with Gasteiger partial charge >= 0.3 is 6.09 Å². The van der Waals surface area contributed by atoms with Crippen molar-refractivity contribution in [1.29, 1.82) is 0 Å². The van der Waals surface area contributed by atoms with Crippen molar-refractivity contribution in [2.24, 2.45) is 5.73 Å². The van der Waals surface area contributed by atoms with Crippen LogP contribution in [-0.2, 0) is 4.74 Å². The molecule has 3 aromatic rings. The van der Waals surface area contributed by atoms with Crippen LogP contribution in [0.2, 0.25) is 0 Å². The summed E-state index contributed by atoms with van der Waals surface area (Å²) in [5.74, 6) is 0.830. The van der Waals surface area contributed by atoms with Crippen molar-refractivity contribution in [1.82, 2.24) is 9.97 Å². The molecule has 142 valence electrons. The number of benzene rings is 2. The molecule has 4 rings (SSSR count). The Kier molecular flexibility index (Phi) is 5.19. The molecule has 0 radical (unpaired) electrons. The van der Waals surface area contributed by atoms with Crippen molar-refractivity contribution in [3.8, 4) is 22.5 Å². The summed E-state index contributed by atoms with van der Waals surface area (Å²) in [7, 11) is 0. The highest BCUT2D eigenvalue weighted by Crippen LogP contribution is 2.31. The first-order valence-corrected chi connectivity index (χ1v) is 9.39. The molecule has 0 aliphatic carbocycles. The van der Waals surface area contributed by atoms with Gasteiger partial charge in [-0.25, -0.2) is 9.78 Å². The summed E-state index contributed by atoms with van der Waals surface area (Å²) in [6, 6.07) is 20.2. The van der Waals surface area contributed by atoms with Crippen molar-refractivity contribution in [3.63, 3.8) is 0 Å². The number of carbonyl (C=O) groups excluding carboxylic acids is 1. The van der Waals surface area contributed by atoms with E-state index in [0.717, 1.165) is 54.3 Å². The number of piperidine rings is 1. The number of aromatic nitrogens is 2. The number of carbonyl (C=O) groups is 1. The van der Waals surface area contributed by atoms with Crippen LogP contribution in [0.4, 0.5) is 10.6 Å². The number of hydrogen-bond acceptors (Lipinski definition) is 5.